The van der Waals surface area contributed by atoms with Gasteiger partial charge in [0.15, 0.2) is 0 Å². The van der Waals surface area contributed by atoms with Gasteiger partial charge in [-0.05, 0) is 19.1 Å². The molecule has 2 heterocycles. The zero-order valence-corrected chi connectivity index (χ0v) is 7.90. The first-order valence-electron chi connectivity index (χ1n) is 4.15. The molecule has 0 aliphatic heterocycles. The fraction of sp³-hybridized carbons (Fsp3) is 0.200. The minimum Gasteiger partial charge on any atom is -0.465 e. The number of rotatable bonds is 1. The lowest BCUT2D eigenvalue weighted by Gasteiger charge is -2.01. The highest BCUT2D eigenvalue weighted by Crippen LogP contribution is 2.17. The van der Waals surface area contributed by atoms with Gasteiger partial charge >= 0.3 is 5.97 Å². The number of nitrogens with zero attached hydrogens (tertiary/aromatic N) is 1. The van der Waals surface area contributed by atoms with Gasteiger partial charge < -0.3 is 9.15 Å². The fourth-order valence-corrected chi connectivity index (χ4v) is 1.30. The van der Waals surface area contributed by atoms with Crippen molar-refractivity contribution in [1.82, 2.24) is 4.98 Å². The number of carbonyl (C=O) groups excluding carboxylic acids is 1. The molecular weight excluding hydrogens is 182 g/mol. The third-order valence-electron chi connectivity index (χ3n) is 2.04. The van der Waals surface area contributed by atoms with Crippen molar-refractivity contribution in [2.24, 2.45) is 0 Å². The number of aromatic nitrogens is 1. The van der Waals surface area contributed by atoms with Crippen LogP contribution in [-0.4, -0.2) is 18.1 Å². The molecule has 4 heteroatoms. The number of hydrogen-bond acceptors (Lipinski definition) is 4. The zero-order chi connectivity index (χ0) is 10.1. The van der Waals surface area contributed by atoms with E-state index in [1.54, 1.807) is 19.1 Å². The summed E-state index contributed by atoms with van der Waals surface area (Å²) >= 11 is 0. The molecule has 0 aliphatic carbocycles. The largest absolute Gasteiger partial charge is 0.465 e. The molecule has 2 aromatic heterocycles. The number of aryl methyl sites for hydroxylation is 1. The SMILES string of the molecule is COC(=O)c1cc2ccoc2nc1C. The Balaban J connectivity index is 2.64. The summed E-state index contributed by atoms with van der Waals surface area (Å²) in [6, 6.07) is 3.47. The summed E-state index contributed by atoms with van der Waals surface area (Å²) in [5, 5.41) is 0.802. The molecule has 0 aromatic carbocycles. The second kappa shape index (κ2) is 3.14. The van der Waals surface area contributed by atoms with Crippen LogP contribution in [0, 0.1) is 6.92 Å². The van der Waals surface area contributed by atoms with Crippen molar-refractivity contribution in [2.45, 2.75) is 6.92 Å². The number of fused-ring (bicyclic) bond motifs is 1. The van der Waals surface area contributed by atoms with E-state index in [1.165, 1.54) is 13.4 Å². The molecule has 0 unspecified atom stereocenters. The van der Waals surface area contributed by atoms with Gasteiger partial charge in [0.1, 0.15) is 0 Å². The Morgan fingerprint density at radius 1 is 1.57 bits per heavy atom. The van der Waals surface area contributed by atoms with E-state index < -0.39 is 0 Å². The predicted molar refractivity (Wildman–Crippen MR) is 50.1 cm³/mol. The molecule has 0 saturated heterocycles. The van der Waals surface area contributed by atoms with Gasteiger partial charge in [0.05, 0.1) is 24.6 Å². The van der Waals surface area contributed by atoms with Crippen molar-refractivity contribution < 1.29 is 13.9 Å². The lowest BCUT2D eigenvalue weighted by Crippen LogP contribution is -2.04. The zero-order valence-electron chi connectivity index (χ0n) is 7.90. The summed E-state index contributed by atoms with van der Waals surface area (Å²) in [6.45, 7) is 1.74. The maximum absolute atomic E-state index is 11.3. The van der Waals surface area contributed by atoms with Crippen LogP contribution in [0.5, 0.6) is 0 Å². The number of carbonyl (C=O) groups is 1. The summed E-state index contributed by atoms with van der Waals surface area (Å²) in [5.74, 6) is -0.377. The first kappa shape index (κ1) is 8.74. The van der Waals surface area contributed by atoms with E-state index in [0.29, 0.717) is 17.0 Å². The molecule has 4 nitrogen and oxygen atoms in total. The molecule has 0 aliphatic rings. The highest BCUT2D eigenvalue weighted by atomic mass is 16.5. The van der Waals surface area contributed by atoms with E-state index in [1.807, 2.05) is 0 Å². The number of ether oxygens (including phenoxy) is 1. The fourth-order valence-electron chi connectivity index (χ4n) is 1.30. The quantitative estimate of drug-likeness (QED) is 0.646. The molecule has 0 N–H and O–H groups in total. The Morgan fingerprint density at radius 3 is 3.07 bits per heavy atom. The van der Waals surface area contributed by atoms with Crippen molar-refractivity contribution in [3.8, 4) is 0 Å². The molecule has 0 fully saturated rings. The lowest BCUT2D eigenvalue weighted by atomic mass is 10.2. The minimum atomic E-state index is -0.377. The second-order valence-electron chi connectivity index (χ2n) is 2.93. The first-order valence-corrected chi connectivity index (χ1v) is 4.15. The molecular formula is C10H9NO3. The highest BCUT2D eigenvalue weighted by Gasteiger charge is 2.12. The lowest BCUT2D eigenvalue weighted by molar-refractivity contribution is 0.0599. The van der Waals surface area contributed by atoms with Gasteiger partial charge in [-0.1, -0.05) is 0 Å². The highest BCUT2D eigenvalue weighted by molar-refractivity contribution is 5.94. The van der Waals surface area contributed by atoms with Gasteiger partial charge in [0.2, 0.25) is 5.71 Å². The monoisotopic (exact) mass is 191 g/mol. The first-order chi connectivity index (χ1) is 6.72. The minimum absolute atomic E-state index is 0.377. The number of furan rings is 1. The van der Waals surface area contributed by atoms with E-state index in [2.05, 4.69) is 9.72 Å². The smallest absolute Gasteiger partial charge is 0.339 e. The Morgan fingerprint density at radius 2 is 2.36 bits per heavy atom. The molecule has 0 radical (unpaired) electrons. The Kier molecular flexibility index (Phi) is 1.96. The van der Waals surface area contributed by atoms with Crippen LogP contribution in [0.2, 0.25) is 0 Å². The molecule has 0 amide bonds. The predicted octanol–water partition coefficient (Wildman–Crippen LogP) is 1.92. The van der Waals surface area contributed by atoms with Gasteiger partial charge in [-0.2, -0.15) is 0 Å². The molecule has 0 bridgehead atoms. The van der Waals surface area contributed by atoms with Crippen molar-refractivity contribution in [1.29, 1.82) is 0 Å². The topological polar surface area (TPSA) is 52.3 Å². The molecule has 72 valence electrons. The molecule has 0 spiro atoms. The van der Waals surface area contributed by atoms with Crippen LogP contribution in [0.3, 0.4) is 0 Å². The van der Waals surface area contributed by atoms with Crippen LogP contribution in [-0.2, 0) is 4.74 Å². The van der Waals surface area contributed by atoms with Crippen LogP contribution in [0.15, 0.2) is 22.8 Å². The van der Waals surface area contributed by atoms with Gasteiger partial charge in [-0.25, -0.2) is 9.78 Å². The van der Waals surface area contributed by atoms with E-state index in [0.717, 1.165) is 5.39 Å². The average molecular weight is 191 g/mol. The van der Waals surface area contributed by atoms with Gasteiger partial charge in [-0.15, -0.1) is 0 Å². The Bertz CT molecular complexity index is 487. The second-order valence-corrected chi connectivity index (χ2v) is 2.93. The van der Waals surface area contributed by atoms with Crippen molar-refractivity contribution in [2.75, 3.05) is 7.11 Å². The van der Waals surface area contributed by atoms with Gasteiger partial charge in [0.25, 0.3) is 0 Å². The standard InChI is InChI=1S/C10H9NO3/c1-6-8(10(12)13-2)5-7-3-4-14-9(7)11-6/h3-5H,1-2H3. The van der Waals surface area contributed by atoms with Crippen LogP contribution in [0.4, 0.5) is 0 Å². The van der Waals surface area contributed by atoms with Crippen molar-refractivity contribution >= 4 is 17.1 Å². The average Bonchev–Trinajstić information content (AvgIpc) is 2.62. The van der Waals surface area contributed by atoms with E-state index >= 15 is 0 Å². The summed E-state index contributed by atoms with van der Waals surface area (Å²) < 4.78 is 9.74. The van der Waals surface area contributed by atoms with Crippen LogP contribution in [0.1, 0.15) is 16.1 Å². The summed E-state index contributed by atoms with van der Waals surface area (Å²) in [5.41, 5.74) is 1.62. The molecule has 2 aromatic rings. The Labute approximate surface area is 80.5 Å². The van der Waals surface area contributed by atoms with E-state index in [9.17, 15) is 4.79 Å². The normalized spacial score (nSPS) is 10.4. The molecule has 2 rings (SSSR count). The van der Waals surface area contributed by atoms with Gasteiger partial charge in [0, 0.05) is 5.39 Å². The molecule has 0 atom stereocenters. The molecule has 0 saturated carbocycles. The van der Waals surface area contributed by atoms with Gasteiger partial charge in [-0.3, -0.25) is 0 Å². The maximum Gasteiger partial charge on any atom is 0.339 e. The summed E-state index contributed by atoms with van der Waals surface area (Å²) in [4.78, 5) is 15.4. The van der Waals surface area contributed by atoms with Crippen LogP contribution < -0.4 is 0 Å². The third kappa shape index (κ3) is 1.25. The summed E-state index contributed by atoms with van der Waals surface area (Å²) in [7, 11) is 1.35. The maximum atomic E-state index is 11.3. The van der Waals surface area contributed by atoms with Crippen LogP contribution in [0.25, 0.3) is 11.1 Å². The summed E-state index contributed by atoms with van der Waals surface area (Å²) in [6.07, 6.45) is 1.54. The third-order valence-corrected chi connectivity index (χ3v) is 2.04. The van der Waals surface area contributed by atoms with E-state index in [-0.39, 0.29) is 5.97 Å². The van der Waals surface area contributed by atoms with Crippen molar-refractivity contribution in [3.05, 3.63) is 29.7 Å². The number of methoxy groups -OCH3 is 1. The van der Waals surface area contributed by atoms with Crippen molar-refractivity contribution in [3.63, 3.8) is 0 Å². The number of pyridine rings is 1. The van der Waals surface area contributed by atoms with E-state index in [4.69, 9.17) is 4.42 Å². The molecule has 14 heavy (non-hydrogen) atoms. The van der Waals surface area contributed by atoms with Crippen LogP contribution >= 0.6 is 0 Å². The Hall–Kier alpha value is -1.84. The number of hydrogen-bond donors (Lipinski definition) is 0. The number of esters is 1.